The molecule has 18 heavy (non-hydrogen) atoms. The first kappa shape index (κ1) is 13.4. The van der Waals surface area contributed by atoms with Crippen molar-refractivity contribution in [3.05, 3.63) is 22.8 Å². The molecule has 1 heterocycles. The lowest BCUT2D eigenvalue weighted by atomic mass is 10.2. The van der Waals surface area contributed by atoms with Gasteiger partial charge in [0.1, 0.15) is 5.82 Å². The number of anilines is 1. The van der Waals surface area contributed by atoms with Gasteiger partial charge in [-0.15, -0.1) is 0 Å². The Kier molecular flexibility index (Phi) is 3.68. The van der Waals surface area contributed by atoms with E-state index in [2.05, 4.69) is 10.3 Å². The minimum Gasteiger partial charge on any atom is -0.365 e. The van der Waals surface area contributed by atoms with E-state index in [1.54, 1.807) is 0 Å². The van der Waals surface area contributed by atoms with Gasteiger partial charge in [0.25, 0.3) is 0 Å². The van der Waals surface area contributed by atoms with Crippen LogP contribution in [0, 0.1) is 0 Å². The highest BCUT2D eigenvalue weighted by Crippen LogP contribution is 2.33. The molecule has 0 amide bonds. The van der Waals surface area contributed by atoms with Crippen LogP contribution in [0.25, 0.3) is 0 Å². The lowest BCUT2D eigenvalue weighted by Gasteiger charge is -2.19. The van der Waals surface area contributed by atoms with Crippen molar-refractivity contribution in [3.63, 3.8) is 0 Å². The van der Waals surface area contributed by atoms with E-state index >= 15 is 0 Å². The first-order chi connectivity index (χ1) is 8.38. The fourth-order valence-electron chi connectivity index (χ4n) is 2.04. The molecule has 1 aromatic heterocycles. The monoisotopic (exact) mass is 279 g/mol. The molecule has 1 aliphatic rings. The molecule has 1 unspecified atom stereocenters. The second kappa shape index (κ2) is 4.93. The Morgan fingerprint density at radius 3 is 2.61 bits per heavy atom. The summed E-state index contributed by atoms with van der Waals surface area (Å²) in [5.74, 6) is 0.256. The quantitative estimate of drug-likeness (QED) is 0.875. The Bertz CT molecular complexity index is 436. The molecule has 0 aromatic carbocycles. The summed E-state index contributed by atoms with van der Waals surface area (Å²) in [5, 5.41) is 2.96. The summed E-state index contributed by atoms with van der Waals surface area (Å²) < 4.78 is 37.3. The summed E-state index contributed by atoms with van der Waals surface area (Å²) in [6.45, 7) is 0. The molecule has 3 N–H and O–H groups in total. The number of hydrogen-bond acceptors (Lipinski definition) is 3. The van der Waals surface area contributed by atoms with Gasteiger partial charge < -0.3 is 11.1 Å². The standard InChI is InChI=1S/C11H13ClF3N3/c12-7-4-6(11(13,14)15)5-17-10(7)18-9-3-1-2-8(9)16/h4-5,8-9H,1-3,16H2,(H,17,18)/t8-,9?/m0/s1. The van der Waals surface area contributed by atoms with Crippen LogP contribution >= 0.6 is 11.6 Å². The largest absolute Gasteiger partial charge is 0.417 e. The molecular weight excluding hydrogens is 267 g/mol. The van der Waals surface area contributed by atoms with Crippen molar-refractivity contribution in [2.45, 2.75) is 37.5 Å². The maximum absolute atomic E-state index is 12.4. The molecule has 2 atom stereocenters. The van der Waals surface area contributed by atoms with E-state index in [9.17, 15) is 13.2 Å². The average Bonchev–Trinajstić information content (AvgIpc) is 2.66. The van der Waals surface area contributed by atoms with Crippen LogP contribution in [0.4, 0.5) is 19.0 Å². The van der Waals surface area contributed by atoms with Gasteiger partial charge in [0.05, 0.1) is 10.6 Å². The Morgan fingerprint density at radius 1 is 1.39 bits per heavy atom. The first-order valence-electron chi connectivity index (χ1n) is 5.63. The minimum absolute atomic E-state index is 0.00911. The van der Waals surface area contributed by atoms with Gasteiger partial charge in [-0.05, 0) is 25.3 Å². The van der Waals surface area contributed by atoms with Crippen LogP contribution in [0.3, 0.4) is 0 Å². The van der Waals surface area contributed by atoms with E-state index in [4.69, 9.17) is 17.3 Å². The van der Waals surface area contributed by atoms with Crippen LogP contribution in [0.5, 0.6) is 0 Å². The zero-order chi connectivity index (χ0) is 13.3. The molecule has 3 nitrogen and oxygen atoms in total. The van der Waals surface area contributed by atoms with Crippen molar-refractivity contribution in [1.82, 2.24) is 4.98 Å². The number of nitrogens with one attached hydrogen (secondary N) is 1. The lowest BCUT2D eigenvalue weighted by molar-refractivity contribution is -0.137. The van der Waals surface area contributed by atoms with Gasteiger partial charge in [-0.25, -0.2) is 4.98 Å². The Hall–Kier alpha value is -1.01. The van der Waals surface area contributed by atoms with Crippen molar-refractivity contribution in [1.29, 1.82) is 0 Å². The van der Waals surface area contributed by atoms with Crippen molar-refractivity contribution in [2.24, 2.45) is 5.73 Å². The maximum Gasteiger partial charge on any atom is 0.417 e. The number of aromatic nitrogens is 1. The highest BCUT2D eigenvalue weighted by atomic mass is 35.5. The van der Waals surface area contributed by atoms with E-state index in [0.717, 1.165) is 31.5 Å². The topological polar surface area (TPSA) is 50.9 Å². The number of halogens is 4. The van der Waals surface area contributed by atoms with E-state index < -0.39 is 11.7 Å². The van der Waals surface area contributed by atoms with Gasteiger partial charge in [0, 0.05) is 18.3 Å². The summed E-state index contributed by atoms with van der Waals surface area (Å²) in [5.41, 5.74) is 5.01. The SMILES string of the molecule is N[C@H]1CCCC1Nc1ncc(C(F)(F)F)cc1Cl. The number of pyridine rings is 1. The molecule has 0 spiro atoms. The lowest BCUT2D eigenvalue weighted by Crippen LogP contribution is -2.35. The summed E-state index contributed by atoms with van der Waals surface area (Å²) in [6, 6.07) is 0.883. The van der Waals surface area contributed by atoms with Gasteiger partial charge >= 0.3 is 6.18 Å². The summed E-state index contributed by atoms with van der Waals surface area (Å²) >= 11 is 5.80. The molecular formula is C11H13ClF3N3. The smallest absolute Gasteiger partial charge is 0.365 e. The van der Waals surface area contributed by atoms with E-state index in [0.29, 0.717) is 0 Å². The van der Waals surface area contributed by atoms with Crippen LogP contribution in [0.2, 0.25) is 5.02 Å². The third-order valence-corrected chi connectivity index (χ3v) is 3.35. The molecule has 2 rings (SSSR count). The molecule has 0 radical (unpaired) electrons. The second-order valence-electron chi connectivity index (χ2n) is 4.40. The summed E-state index contributed by atoms with van der Waals surface area (Å²) in [6.07, 6.45) is -0.888. The van der Waals surface area contributed by atoms with Gasteiger partial charge in [0.2, 0.25) is 0 Å². The predicted octanol–water partition coefficient (Wildman–Crippen LogP) is 3.05. The van der Waals surface area contributed by atoms with Crippen LogP contribution in [-0.2, 0) is 6.18 Å². The van der Waals surface area contributed by atoms with Crippen LogP contribution in [0.15, 0.2) is 12.3 Å². The third kappa shape index (κ3) is 2.87. The molecule has 1 saturated carbocycles. The maximum atomic E-state index is 12.4. The molecule has 0 bridgehead atoms. The second-order valence-corrected chi connectivity index (χ2v) is 4.80. The number of rotatable bonds is 2. The fourth-order valence-corrected chi connectivity index (χ4v) is 2.26. The zero-order valence-electron chi connectivity index (χ0n) is 9.47. The van der Waals surface area contributed by atoms with Crippen molar-refractivity contribution in [3.8, 4) is 0 Å². The Balaban J connectivity index is 2.15. The number of nitrogens with zero attached hydrogens (tertiary/aromatic N) is 1. The number of nitrogens with two attached hydrogens (primary N) is 1. The van der Waals surface area contributed by atoms with Gasteiger partial charge in [-0.2, -0.15) is 13.2 Å². The zero-order valence-corrected chi connectivity index (χ0v) is 10.2. The van der Waals surface area contributed by atoms with E-state index in [-0.39, 0.29) is 22.9 Å². The summed E-state index contributed by atoms with van der Waals surface area (Å²) in [4.78, 5) is 3.72. The van der Waals surface area contributed by atoms with Crippen molar-refractivity contribution >= 4 is 17.4 Å². The molecule has 0 aliphatic heterocycles. The van der Waals surface area contributed by atoms with Gasteiger partial charge in [-0.1, -0.05) is 11.6 Å². The minimum atomic E-state index is -4.43. The molecule has 0 saturated heterocycles. The van der Waals surface area contributed by atoms with E-state index in [1.165, 1.54) is 0 Å². The Morgan fingerprint density at radius 2 is 2.11 bits per heavy atom. The van der Waals surface area contributed by atoms with Gasteiger partial charge in [0.15, 0.2) is 0 Å². The van der Waals surface area contributed by atoms with Crippen molar-refractivity contribution < 1.29 is 13.2 Å². The van der Waals surface area contributed by atoms with Crippen LogP contribution in [-0.4, -0.2) is 17.1 Å². The highest BCUT2D eigenvalue weighted by Gasteiger charge is 2.32. The number of alkyl halides is 3. The predicted molar refractivity (Wildman–Crippen MR) is 63.5 cm³/mol. The normalized spacial score (nSPS) is 24.3. The summed E-state index contributed by atoms with van der Waals surface area (Å²) in [7, 11) is 0. The number of hydrogen-bond donors (Lipinski definition) is 2. The van der Waals surface area contributed by atoms with Crippen molar-refractivity contribution in [2.75, 3.05) is 5.32 Å². The molecule has 100 valence electrons. The van der Waals surface area contributed by atoms with Crippen LogP contribution in [0.1, 0.15) is 24.8 Å². The molecule has 1 aliphatic carbocycles. The van der Waals surface area contributed by atoms with E-state index in [1.807, 2.05) is 0 Å². The molecule has 1 fully saturated rings. The molecule has 7 heteroatoms. The highest BCUT2D eigenvalue weighted by molar-refractivity contribution is 6.33. The fraction of sp³-hybridized carbons (Fsp3) is 0.545. The first-order valence-corrected chi connectivity index (χ1v) is 6.00. The molecule has 1 aromatic rings. The third-order valence-electron chi connectivity index (χ3n) is 3.06. The average molecular weight is 280 g/mol. The van der Waals surface area contributed by atoms with Crippen LogP contribution < -0.4 is 11.1 Å². The van der Waals surface area contributed by atoms with Gasteiger partial charge in [-0.3, -0.25) is 0 Å². The Labute approximate surface area is 108 Å².